The van der Waals surface area contributed by atoms with E-state index in [0.717, 1.165) is 16.8 Å². The molecule has 128 valence electrons. The number of rotatable bonds is 6. The lowest BCUT2D eigenvalue weighted by Crippen LogP contribution is -2.37. The average molecular weight is 331 g/mol. The van der Waals surface area contributed by atoms with Gasteiger partial charge in [0.15, 0.2) is 0 Å². The summed E-state index contributed by atoms with van der Waals surface area (Å²) in [6.07, 6.45) is 0.712. The molecule has 7 nitrogen and oxygen atoms in total. The van der Waals surface area contributed by atoms with Gasteiger partial charge in [0.05, 0.1) is 17.3 Å². The molecule has 0 aliphatic carbocycles. The number of carboxylic acids is 1. The Kier molecular flexibility index (Phi) is 5.57. The molecule has 0 saturated carbocycles. The van der Waals surface area contributed by atoms with E-state index < -0.39 is 5.97 Å². The van der Waals surface area contributed by atoms with Gasteiger partial charge in [-0.1, -0.05) is 24.2 Å². The molecule has 0 aliphatic heterocycles. The molecule has 3 N–H and O–H groups in total. The lowest BCUT2D eigenvalue weighted by atomic mass is 10.0. The minimum Gasteiger partial charge on any atom is -0.478 e. The van der Waals surface area contributed by atoms with Crippen LogP contribution < -0.4 is 10.6 Å². The fraction of sp³-hybridized carbons (Fsp3) is 0.353. The van der Waals surface area contributed by atoms with E-state index >= 15 is 0 Å². The van der Waals surface area contributed by atoms with Crippen LogP contribution in [0, 0.1) is 13.8 Å². The van der Waals surface area contributed by atoms with E-state index in [-0.39, 0.29) is 17.6 Å². The number of carbonyl (C=O) groups excluding carboxylic acids is 1. The third kappa shape index (κ3) is 4.13. The molecule has 0 bridgehead atoms. The molecule has 0 spiro atoms. The summed E-state index contributed by atoms with van der Waals surface area (Å²) < 4.78 is 5.15. The van der Waals surface area contributed by atoms with Crippen LogP contribution in [-0.4, -0.2) is 22.3 Å². The second-order valence-corrected chi connectivity index (χ2v) is 5.53. The summed E-state index contributed by atoms with van der Waals surface area (Å²) in [7, 11) is 0. The van der Waals surface area contributed by atoms with Gasteiger partial charge in [-0.05, 0) is 38.0 Å². The van der Waals surface area contributed by atoms with Gasteiger partial charge in [-0.2, -0.15) is 0 Å². The topological polar surface area (TPSA) is 104 Å². The van der Waals surface area contributed by atoms with E-state index in [4.69, 9.17) is 9.63 Å². The molecule has 1 heterocycles. The van der Waals surface area contributed by atoms with E-state index in [9.17, 15) is 9.59 Å². The number of carboxylic acid groups (broad SMARTS) is 1. The van der Waals surface area contributed by atoms with Crippen molar-refractivity contribution in [1.29, 1.82) is 0 Å². The van der Waals surface area contributed by atoms with Crippen LogP contribution in [-0.2, 0) is 6.54 Å². The number of aromatic carboxylic acids is 1. The number of aryl methyl sites for hydroxylation is 2. The fourth-order valence-corrected chi connectivity index (χ4v) is 2.52. The smallest absolute Gasteiger partial charge is 0.335 e. The summed E-state index contributed by atoms with van der Waals surface area (Å²) in [5.74, 6) is -0.276. The van der Waals surface area contributed by atoms with Gasteiger partial charge in [0, 0.05) is 12.1 Å². The summed E-state index contributed by atoms with van der Waals surface area (Å²) in [6.45, 7) is 5.95. The van der Waals surface area contributed by atoms with E-state index in [1.807, 2.05) is 20.8 Å². The highest BCUT2D eigenvalue weighted by molar-refractivity contribution is 5.87. The molecule has 2 rings (SSSR count). The molecule has 1 aromatic heterocycles. The van der Waals surface area contributed by atoms with Crippen molar-refractivity contribution in [3.05, 3.63) is 52.4 Å². The van der Waals surface area contributed by atoms with Crippen molar-refractivity contribution in [2.24, 2.45) is 0 Å². The first-order valence-electron chi connectivity index (χ1n) is 7.71. The summed E-state index contributed by atoms with van der Waals surface area (Å²) in [6, 6.07) is 5.89. The van der Waals surface area contributed by atoms with Gasteiger partial charge in [-0.3, -0.25) is 0 Å². The maximum absolute atomic E-state index is 12.1. The quantitative estimate of drug-likeness (QED) is 0.755. The SMILES string of the molecule is CCC(NC(=O)NCc1ccc(C(=O)O)cc1)c1c(C)noc1C. The molecular weight excluding hydrogens is 310 g/mol. The zero-order valence-corrected chi connectivity index (χ0v) is 13.9. The molecule has 0 radical (unpaired) electrons. The summed E-state index contributed by atoms with van der Waals surface area (Å²) in [5.41, 5.74) is 2.70. The van der Waals surface area contributed by atoms with Crippen LogP contribution in [0.3, 0.4) is 0 Å². The molecule has 24 heavy (non-hydrogen) atoms. The first-order valence-corrected chi connectivity index (χ1v) is 7.71. The Balaban J connectivity index is 1.93. The molecular formula is C17H21N3O4. The van der Waals surface area contributed by atoms with Crippen molar-refractivity contribution in [1.82, 2.24) is 15.8 Å². The number of hydrogen-bond acceptors (Lipinski definition) is 4. The van der Waals surface area contributed by atoms with Crippen molar-refractivity contribution in [2.75, 3.05) is 0 Å². The predicted molar refractivity (Wildman–Crippen MR) is 87.8 cm³/mol. The van der Waals surface area contributed by atoms with Crippen LogP contribution in [0.1, 0.15) is 52.3 Å². The summed E-state index contributed by atoms with van der Waals surface area (Å²) in [4.78, 5) is 22.9. The maximum Gasteiger partial charge on any atom is 0.335 e. The number of nitrogens with zero attached hydrogens (tertiary/aromatic N) is 1. The van der Waals surface area contributed by atoms with Gasteiger partial charge >= 0.3 is 12.0 Å². The Morgan fingerprint density at radius 2 is 1.92 bits per heavy atom. The monoisotopic (exact) mass is 331 g/mol. The molecule has 0 aliphatic rings. The average Bonchev–Trinajstić information content (AvgIpc) is 2.90. The zero-order chi connectivity index (χ0) is 17.7. The molecule has 1 atom stereocenters. The van der Waals surface area contributed by atoms with Crippen LogP contribution in [0.5, 0.6) is 0 Å². The largest absolute Gasteiger partial charge is 0.478 e. The fourth-order valence-electron chi connectivity index (χ4n) is 2.52. The standard InChI is InChI=1S/C17H21N3O4/c1-4-14(15-10(2)20-24-11(15)3)19-17(23)18-9-12-5-7-13(8-6-12)16(21)22/h5-8,14H,4,9H2,1-3H3,(H,21,22)(H2,18,19,23). The molecule has 0 saturated heterocycles. The number of aromatic nitrogens is 1. The number of benzene rings is 1. The van der Waals surface area contributed by atoms with E-state index in [0.29, 0.717) is 18.7 Å². The highest BCUT2D eigenvalue weighted by Crippen LogP contribution is 2.23. The molecule has 2 amide bonds. The predicted octanol–water partition coefficient (Wildman–Crippen LogP) is 2.94. The van der Waals surface area contributed by atoms with Crippen molar-refractivity contribution >= 4 is 12.0 Å². The second kappa shape index (κ2) is 7.63. The lowest BCUT2D eigenvalue weighted by molar-refractivity contribution is 0.0697. The minimum absolute atomic E-state index is 0.175. The Morgan fingerprint density at radius 3 is 2.42 bits per heavy atom. The van der Waals surface area contributed by atoms with Crippen LogP contribution in [0.2, 0.25) is 0 Å². The Hall–Kier alpha value is -2.83. The zero-order valence-electron chi connectivity index (χ0n) is 13.9. The van der Waals surface area contributed by atoms with Gasteiger partial charge < -0.3 is 20.3 Å². The Bertz CT molecular complexity index is 702. The Morgan fingerprint density at radius 1 is 1.25 bits per heavy atom. The molecule has 1 unspecified atom stereocenters. The number of urea groups is 1. The first-order chi connectivity index (χ1) is 11.4. The van der Waals surface area contributed by atoms with Crippen molar-refractivity contribution < 1.29 is 19.2 Å². The number of hydrogen-bond donors (Lipinski definition) is 3. The van der Waals surface area contributed by atoms with E-state index in [1.54, 1.807) is 12.1 Å². The van der Waals surface area contributed by atoms with Crippen molar-refractivity contribution in [2.45, 2.75) is 39.8 Å². The summed E-state index contributed by atoms with van der Waals surface area (Å²) in [5, 5.41) is 18.4. The van der Waals surface area contributed by atoms with Gasteiger partial charge in [-0.25, -0.2) is 9.59 Å². The van der Waals surface area contributed by atoms with Crippen LogP contribution in [0.15, 0.2) is 28.8 Å². The normalized spacial score (nSPS) is 11.8. The lowest BCUT2D eigenvalue weighted by Gasteiger charge is -2.17. The molecule has 0 fully saturated rings. The highest BCUT2D eigenvalue weighted by atomic mass is 16.5. The van der Waals surface area contributed by atoms with Crippen LogP contribution in [0.4, 0.5) is 4.79 Å². The van der Waals surface area contributed by atoms with E-state index in [2.05, 4.69) is 15.8 Å². The van der Waals surface area contributed by atoms with Gasteiger partial charge in [0.1, 0.15) is 5.76 Å². The summed E-state index contributed by atoms with van der Waals surface area (Å²) >= 11 is 0. The van der Waals surface area contributed by atoms with Gasteiger partial charge in [0.25, 0.3) is 0 Å². The molecule has 1 aromatic carbocycles. The number of nitrogens with one attached hydrogen (secondary N) is 2. The van der Waals surface area contributed by atoms with Gasteiger partial charge in [0.2, 0.25) is 0 Å². The van der Waals surface area contributed by atoms with Crippen molar-refractivity contribution in [3.63, 3.8) is 0 Å². The van der Waals surface area contributed by atoms with Crippen LogP contribution in [0.25, 0.3) is 0 Å². The number of amides is 2. The maximum atomic E-state index is 12.1. The third-order valence-corrected chi connectivity index (χ3v) is 3.80. The van der Waals surface area contributed by atoms with Crippen molar-refractivity contribution in [3.8, 4) is 0 Å². The third-order valence-electron chi connectivity index (χ3n) is 3.80. The molecule has 2 aromatic rings. The van der Waals surface area contributed by atoms with Crippen LogP contribution >= 0.6 is 0 Å². The van der Waals surface area contributed by atoms with E-state index in [1.165, 1.54) is 12.1 Å². The first kappa shape index (κ1) is 17.5. The minimum atomic E-state index is -0.975. The second-order valence-electron chi connectivity index (χ2n) is 5.53. The Labute approximate surface area is 140 Å². The molecule has 7 heteroatoms. The van der Waals surface area contributed by atoms with Gasteiger partial charge in [-0.15, -0.1) is 0 Å². The number of carbonyl (C=O) groups is 2. The highest BCUT2D eigenvalue weighted by Gasteiger charge is 2.20.